The van der Waals surface area contributed by atoms with Crippen LogP contribution in [0.3, 0.4) is 0 Å². The molecule has 2 rings (SSSR count). The monoisotopic (exact) mass is 419 g/mol. The van der Waals surface area contributed by atoms with E-state index in [0.717, 1.165) is 21.4 Å². The lowest BCUT2D eigenvalue weighted by Crippen LogP contribution is -2.36. The van der Waals surface area contributed by atoms with Crippen LogP contribution in [0.25, 0.3) is 0 Å². The van der Waals surface area contributed by atoms with E-state index in [2.05, 4.69) is 31.1 Å². The van der Waals surface area contributed by atoms with Crippen LogP contribution in [-0.2, 0) is 27.0 Å². The van der Waals surface area contributed by atoms with Crippen LogP contribution < -0.4 is 5.32 Å². The van der Waals surface area contributed by atoms with Gasteiger partial charge >= 0.3 is 12.1 Å². The van der Waals surface area contributed by atoms with Gasteiger partial charge < -0.3 is 10.1 Å². The molecule has 1 N–H and O–H groups in total. The molecular weight excluding hydrogens is 407 g/mol. The summed E-state index contributed by atoms with van der Waals surface area (Å²) in [4.78, 5) is 24.0. The summed E-state index contributed by atoms with van der Waals surface area (Å²) < 4.78 is 43.8. The third-order valence-electron chi connectivity index (χ3n) is 3.18. The van der Waals surface area contributed by atoms with Crippen molar-refractivity contribution in [3.63, 3.8) is 0 Å². The fourth-order valence-electron chi connectivity index (χ4n) is 2.01. The van der Waals surface area contributed by atoms with Gasteiger partial charge in [0.2, 0.25) is 5.91 Å². The van der Waals surface area contributed by atoms with Crippen molar-refractivity contribution in [2.45, 2.75) is 18.8 Å². The van der Waals surface area contributed by atoms with Crippen molar-refractivity contribution in [2.24, 2.45) is 0 Å². The highest BCUT2D eigenvalue weighted by Crippen LogP contribution is 2.27. The highest BCUT2D eigenvalue weighted by Gasteiger charge is 2.33. The third-order valence-corrected chi connectivity index (χ3v) is 3.71. The predicted molar refractivity (Wildman–Crippen MR) is 84.3 cm³/mol. The molecule has 1 unspecified atom stereocenters. The highest BCUT2D eigenvalue weighted by atomic mass is 79.9. The zero-order valence-corrected chi connectivity index (χ0v) is 14.5. The van der Waals surface area contributed by atoms with E-state index in [0.29, 0.717) is 5.56 Å². The molecule has 0 fully saturated rings. The normalized spacial score (nSPS) is 12.5. The molecule has 134 valence electrons. The van der Waals surface area contributed by atoms with E-state index in [1.54, 1.807) is 24.3 Å². The average Bonchev–Trinajstić information content (AvgIpc) is 3.01. The Bertz CT molecular complexity index is 759. The molecule has 1 amide bonds. The molecule has 1 aromatic heterocycles. The molecule has 0 spiro atoms. The predicted octanol–water partition coefficient (Wildman–Crippen LogP) is 2.69. The first-order chi connectivity index (χ1) is 11.7. The van der Waals surface area contributed by atoms with E-state index < -0.39 is 36.3 Å². The van der Waals surface area contributed by atoms with E-state index in [4.69, 9.17) is 0 Å². The Balaban J connectivity index is 2.10. The van der Waals surface area contributed by atoms with Crippen LogP contribution in [0.2, 0.25) is 0 Å². The quantitative estimate of drug-likeness (QED) is 0.756. The van der Waals surface area contributed by atoms with Crippen LogP contribution >= 0.6 is 15.9 Å². The van der Waals surface area contributed by atoms with Crippen LogP contribution in [0.4, 0.5) is 13.2 Å². The lowest BCUT2D eigenvalue weighted by Gasteiger charge is -2.17. The Hall–Kier alpha value is -2.36. The van der Waals surface area contributed by atoms with Crippen molar-refractivity contribution in [3.8, 4) is 0 Å². The Morgan fingerprint density at radius 1 is 1.28 bits per heavy atom. The topological polar surface area (TPSA) is 73.2 Å². The Morgan fingerprint density at radius 3 is 2.44 bits per heavy atom. The fraction of sp³-hybridized carbons (Fsp3) is 0.267. The number of ether oxygens (including phenoxy) is 1. The van der Waals surface area contributed by atoms with Gasteiger partial charge in [0.1, 0.15) is 6.54 Å². The molecular formula is C15H13BrF3N3O3. The largest absolute Gasteiger partial charge is 0.467 e. The smallest absolute Gasteiger partial charge is 0.435 e. The maximum Gasteiger partial charge on any atom is 0.435 e. The number of aromatic nitrogens is 2. The molecule has 0 saturated carbocycles. The van der Waals surface area contributed by atoms with Gasteiger partial charge in [-0.1, -0.05) is 28.1 Å². The van der Waals surface area contributed by atoms with Crippen molar-refractivity contribution >= 4 is 27.8 Å². The molecule has 1 atom stereocenters. The molecule has 0 saturated heterocycles. The van der Waals surface area contributed by atoms with Gasteiger partial charge in [-0.2, -0.15) is 18.3 Å². The number of benzene rings is 1. The first-order valence-corrected chi connectivity index (χ1v) is 7.73. The lowest BCUT2D eigenvalue weighted by molar-refractivity contribution is -0.145. The molecule has 6 nitrogen and oxygen atoms in total. The Kier molecular flexibility index (Phi) is 5.83. The van der Waals surface area contributed by atoms with Gasteiger partial charge in [-0.3, -0.25) is 9.48 Å². The van der Waals surface area contributed by atoms with E-state index >= 15 is 0 Å². The number of hydrogen-bond acceptors (Lipinski definition) is 4. The van der Waals surface area contributed by atoms with Crippen molar-refractivity contribution in [2.75, 3.05) is 7.11 Å². The molecule has 0 bridgehead atoms. The molecule has 0 aliphatic carbocycles. The maximum absolute atomic E-state index is 12.5. The second kappa shape index (κ2) is 7.68. The van der Waals surface area contributed by atoms with Crippen molar-refractivity contribution < 1.29 is 27.5 Å². The van der Waals surface area contributed by atoms with Crippen LogP contribution in [-0.4, -0.2) is 28.8 Å². The first-order valence-electron chi connectivity index (χ1n) is 6.94. The second-order valence-electron chi connectivity index (χ2n) is 4.97. The molecule has 0 radical (unpaired) electrons. The first kappa shape index (κ1) is 19.0. The number of carbonyl (C=O) groups excluding carboxylic acids is 2. The number of carbonyl (C=O) groups is 2. The highest BCUT2D eigenvalue weighted by molar-refractivity contribution is 9.10. The van der Waals surface area contributed by atoms with Crippen molar-refractivity contribution in [3.05, 3.63) is 52.3 Å². The Morgan fingerprint density at radius 2 is 1.92 bits per heavy atom. The molecule has 2 aromatic rings. The minimum absolute atomic E-state index is 0.472. The van der Waals surface area contributed by atoms with Crippen LogP contribution in [0.5, 0.6) is 0 Å². The number of halogens is 4. The number of alkyl halides is 3. The van der Waals surface area contributed by atoms with Gasteiger partial charge in [-0.15, -0.1) is 0 Å². The molecule has 25 heavy (non-hydrogen) atoms. The lowest BCUT2D eigenvalue weighted by atomic mass is 10.1. The zero-order chi connectivity index (χ0) is 18.6. The van der Waals surface area contributed by atoms with E-state index in [1.165, 1.54) is 7.11 Å². The molecule has 0 aliphatic rings. The minimum atomic E-state index is -4.59. The van der Waals surface area contributed by atoms with Crippen LogP contribution in [0, 0.1) is 0 Å². The summed E-state index contributed by atoms with van der Waals surface area (Å²) in [5.41, 5.74) is -0.627. The standard InChI is InChI=1S/C15H13BrF3N3O3/c1-25-14(24)13(9-2-4-10(16)5-3-9)20-12(23)8-22-7-6-11(21-22)15(17,18)19/h2-7,13H,8H2,1H3,(H,20,23). The van der Waals surface area contributed by atoms with E-state index in [-0.39, 0.29) is 0 Å². The number of nitrogens with zero attached hydrogens (tertiary/aromatic N) is 2. The van der Waals surface area contributed by atoms with Crippen LogP contribution in [0.1, 0.15) is 17.3 Å². The third kappa shape index (κ3) is 5.05. The Labute approximate surface area is 149 Å². The molecule has 1 heterocycles. The fourth-order valence-corrected chi connectivity index (χ4v) is 2.27. The van der Waals surface area contributed by atoms with Gasteiger partial charge in [0.25, 0.3) is 0 Å². The summed E-state index contributed by atoms with van der Waals surface area (Å²) in [6, 6.07) is 6.27. The second-order valence-corrected chi connectivity index (χ2v) is 5.89. The number of methoxy groups -OCH3 is 1. The summed E-state index contributed by atoms with van der Waals surface area (Å²) in [6.07, 6.45) is -3.55. The molecule has 10 heteroatoms. The van der Waals surface area contributed by atoms with E-state index in [1.807, 2.05) is 0 Å². The molecule has 0 aliphatic heterocycles. The SMILES string of the molecule is COC(=O)C(NC(=O)Cn1ccc(C(F)(F)F)n1)c1ccc(Br)cc1. The average molecular weight is 420 g/mol. The number of nitrogens with one attached hydrogen (secondary N) is 1. The maximum atomic E-state index is 12.5. The summed E-state index contributed by atoms with van der Waals surface area (Å²) in [6.45, 7) is -0.472. The van der Waals surface area contributed by atoms with Gasteiger partial charge in [0.05, 0.1) is 7.11 Å². The zero-order valence-electron chi connectivity index (χ0n) is 12.9. The van der Waals surface area contributed by atoms with Gasteiger partial charge in [0, 0.05) is 10.7 Å². The number of hydrogen-bond donors (Lipinski definition) is 1. The summed E-state index contributed by atoms with van der Waals surface area (Å²) in [5, 5.41) is 5.72. The van der Waals surface area contributed by atoms with Crippen molar-refractivity contribution in [1.82, 2.24) is 15.1 Å². The van der Waals surface area contributed by atoms with Gasteiger partial charge in [0.15, 0.2) is 11.7 Å². The summed E-state index contributed by atoms with van der Waals surface area (Å²) in [7, 11) is 1.17. The summed E-state index contributed by atoms with van der Waals surface area (Å²) in [5.74, 6) is -1.39. The summed E-state index contributed by atoms with van der Waals surface area (Å²) >= 11 is 3.26. The minimum Gasteiger partial charge on any atom is -0.467 e. The van der Waals surface area contributed by atoms with Gasteiger partial charge in [-0.05, 0) is 23.8 Å². The van der Waals surface area contributed by atoms with Crippen molar-refractivity contribution in [1.29, 1.82) is 0 Å². The molecule has 1 aromatic carbocycles. The number of amides is 1. The van der Waals surface area contributed by atoms with Gasteiger partial charge in [-0.25, -0.2) is 4.79 Å². The number of esters is 1. The number of rotatable bonds is 5. The van der Waals surface area contributed by atoms with E-state index in [9.17, 15) is 22.8 Å². The van der Waals surface area contributed by atoms with Crippen LogP contribution in [0.15, 0.2) is 41.0 Å².